The van der Waals surface area contributed by atoms with Crippen molar-refractivity contribution in [1.82, 2.24) is 10.6 Å². The molecule has 112 valence electrons. The molecule has 3 rings (SSSR count). The number of carbonyl (C=O) groups excluding carboxylic acids is 1. The largest absolute Gasteiger partial charge is 0.481 e. The van der Waals surface area contributed by atoms with Crippen molar-refractivity contribution in [2.75, 3.05) is 6.54 Å². The van der Waals surface area contributed by atoms with Crippen LogP contribution in [0.5, 0.6) is 0 Å². The van der Waals surface area contributed by atoms with E-state index in [9.17, 15) is 9.59 Å². The second-order valence-electron chi connectivity index (χ2n) is 6.62. The van der Waals surface area contributed by atoms with Crippen LogP contribution in [0.4, 0.5) is 4.79 Å². The molecule has 0 radical (unpaired) electrons. The van der Waals surface area contributed by atoms with Crippen LogP contribution in [0.15, 0.2) is 0 Å². The van der Waals surface area contributed by atoms with Gasteiger partial charge in [0.05, 0.1) is 0 Å². The third kappa shape index (κ3) is 2.76. The van der Waals surface area contributed by atoms with Gasteiger partial charge in [-0.15, -0.1) is 0 Å². The van der Waals surface area contributed by atoms with Crippen LogP contribution in [0.2, 0.25) is 0 Å². The number of amides is 2. The van der Waals surface area contributed by atoms with E-state index < -0.39 is 5.97 Å². The standard InChI is InChI=1S/C15H24N2O3/c18-11(19)4-2-1-3-7-16-15(20)17-14-12-9-5-6-10(8-9)13(12)14/h9-10,12-14H,1-8H2,(H,18,19)(H2,16,17,20). The summed E-state index contributed by atoms with van der Waals surface area (Å²) in [7, 11) is 0. The molecular formula is C15H24N2O3. The van der Waals surface area contributed by atoms with Crippen molar-refractivity contribution in [2.24, 2.45) is 23.7 Å². The van der Waals surface area contributed by atoms with Gasteiger partial charge >= 0.3 is 12.0 Å². The first-order chi connectivity index (χ1) is 9.66. The molecule has 3 saturated carbocycles. The number of urea groups is 1. The van der Waals surface area contributed by atoms with Crippen LogP contribution >= 0.6 is 0 Å². The van der Waals surface area contributed by atoms with Crippen LogP contribution in [0.3, 0.4) is 0 Å². The summed E-state index contributed by atoms with van der Waals surface area (Å²) in [5, 5.41) is 14.5. The van der Waals surface area contributed by atoms with Gasteiger partial charge < -0.3 is 15.7 Å². The quantitative estimate of drug-likeness (QED) is 0.624. The average molecular weight is 280 g/mol. The molecule has 0 heterocycles. The van der Waals surface area contributed by atoms with E-state index in [0.717, 1.165) is 36.5 Å². The smallest absolute Gasteiger partial charge is 0.315 e. The van der Waals surface area contributed by atoms with Gasteiger partial charge in [-0.2, -0.15) is 0 Å². The predicted molar refractivity (Wildman–Crippen MR) is 74.2 cm³/mol. The zero-order valence-electron chi connectivity index (χ0n) is 11.8. The van der Waals surface area contributed by atoms with E-state index in [0.29, 0.717) is 19.0 Å². The van der Waals surface area contributed by atoms with Crippen LogP contribution in [0, 0.1) is 23.7 Å². The number of unbranched alkanes of at least 4 members (excludes halogenated alkanes) is 2. The Morgan fingerprint density at radius 2 is 1.75 bits per heavy atom. The summed E-state index contributed by atoms with van der Waals surface area (Å²) >= 11 is 0. The van der Waals surface area contributed by atoms with Gasteiger partial charge in [0, 0.05) is 19.0 Å². The number of nitrogens with one attached hydrogen (secondary N) is 2. The molecule has 0 spiro atoms. The van der Waals surface area contributed by atoms with Crippen molar-refractivity contribution in [3.05, 3.63) is 0 Å². The number of hydrogen-bond donors (Lipinski definition) is 3. The van der Waals surface area contributed by atoms with E-state index in [1.807, 2.05) is 0 Å². The normalized spacial score (nSPS) is 36.5. The molecule has 3 fully saturated rings. The molecule has 0 saturated heterocycles. The Morgan fingerprint density at radius 1 is 1.05 bits per heavy atom. The maximum Gasteiger partial charge on any atom is 0.315 e. The minimum absolute atomic E-state index is 0.0398. The average Bonchev–Trinajstić information content (AvgIpc) is 2.82. The summed E-state index contributed by atoms with van der Waals surface area (Å²) in [5.74, 6) is 2.56. The fourth-order valence-corrected chi connectivity index (χ4v) is 4.50. The lowest BCUT2D eigenvalue weighted by Crippen LogP contribution is -2.39. The summed E-state index contributed by atoms with van der Waals surface area (Å²) < 4.78 is 0. The molecule has 5 heteroatoms. The lowest BCUT2D eigenvalue weighted by atomic mass is 10.0. The minimum atomic E-state index is -0.745. The van der Waals surface area contributed by atoms with Gasteiger partial charge in [0.15, 0.2) is 0 Å². The topological polar surface area (TPSA) is 78.4 Å². The summed E-state index contributed by atoms with van der Waals surface area (Å²) in [6, 6.07) is 0.398. The first kappa shape index (κ1) is 13.7. The molecule has 5 nitrogen and oxygen atoms in total. The Balaban J connectivity index is 1.25. The Kier molecular flexibility index (Phi) is 3.85. The molecule has 3 aliphatic carbocycles. The number of carboxylic acid groups (broad SMARTS) is 1. The second kappa shape index (κ2) is 5.62. The number of aliphatic carboxylic acids is 1. The summed E-state index contributed by atoms with van der Waals surface area (Å²) in [4.78, 5) is 22.1. The van der Waals surface area contributed by atoms with Gasteiger partial charge in [-0.05, 0) is 55.8 Å². The Labute approximate surface area is 119 Å². The van der Waals surface area contributed by atoms with Gasteiger partial charge in [-0.3, -0.25) is 4.79 Å². The maximum atomic E-state index is 11.8. The van der Waals surface area contributed by atoms with Gasteiger partial charge in [0.25, 0.3) is 0 Å². The van der Waals surface area contributed by atoms with Crippen LogP contribution < -0.4 is 10.6 Å². The van der Waals surface area contributed by atoms with E-state index in [1.165, 1.54) is 19.3 Å². The second-order valence-corrected chi connectivity index (χ2v) is 6.62. The molecule has 4 atom stereocenters. The lowest BCUT2D eigenvalue weighted by Gasteiger charge is -2.11. The Hall–Kier alpha value is -1.26. The zero-order chi connectivity index (χ0) is 14.1. The van der Waals surface area contributed by atoms with Crippen LogP contribution in [-0.2, 0) is 4.79 Å². The van der Waals surface area contributed by atoms with Crippen molar-refractivity contribution in [3.63, 3.8) is 0 Å². The molecule has 3 aliphatic rings. The number of hydrogen-bond acceptors (Lipinski definition) is 2. The van der Waals surface area contributed by atoms with Crippen molar-refractivity contribution in [3.8, 4) is 0 Å². The fourth-order valence-electron chi connectivity index (χ4n) is 4.50. The van der Waals surface area contributed by atoms with E-state index in [4.69, 9.17) is 5.11 Å². The highest BCUT2D eigenvalue weighted by Gasteiger charge is 2.65. The van der Waals surface area contributed by atoms with E-state index in [-0.39, 0.29) is 12.5 Å². The number of carbonyl (C=O) groups is 2. The minimum Gasteiger partial charge on any atom is -0.481 e. The van der Waals surface area contributed by atoms with Crippen molar-refractivity contribution < 1.29 is 14.7 Å². The van der Waals surface area contributed by atoms with Crippen molar-refractivity contribution in [2.45, 2.75) is 51.0 Å². The fraction of sp³-hybridized carbons (Fsp3) is 0.867. The summed E-state index contributed by atoms with van der Waals surface area (Å²) in [5.41, 5.74) is 0. The molecule has 0 aromatic rings. The summed E-state index contributed by atoms with van der Waals surface area (Å²) in [6.07, 6.45) is 6.76. The highest BCUT2D eigenvalue weighted by molar-refractivity contribution is 5.74. The monoisotopic (exact) mass is 280 g/mol. The maximum absolute atomic E-state index is 11.8. The van der Waals surface area contributed by atoms with Crippen LogP contribution in [-0.4, -0.2) is 29.7 Å². The molecule has 20 heavy (non-hydrogen) atoms. The van der Waals surface area contributed by atoms with E-state index in [1.54, 1.807) is 0 Å². The SMILES string of the molecule is O=C(O)CCCCCNC(=O)NC1C2C3CCC(C3)C12. The number of carboxylic acids is 1. The third-order valence-electron chi connectivity index (χ3n) is 5.39. The van der Waals surface area contributed by atoms with E-state index in [2.05, 4.69) is 10.6 Å². The molecule has 0 aromatic carbocycles. The van der Waals surface area contributed by atoms with Gasteiger partial charge in [0.2, 0.25) is 0 Å². The number of fused-ring (bicyclic) bond motifs is 5. The van der Waals surface area contributed by atoms with Gasteiger partial charge in [-0.25, -0.2) is 4.79 Å². The zero-order valence-corrected chi connectivity index (χ0v) is 11.8. The summed E-state index contributed by atoms with van der Waals surface area (Å²) in [6.45, 7) is 0.639. The van der Waals surface area contributed by atoms with Crippen molar-refractivity contribution >= 4 is 12.0 Å². The molecule has 4 unspecified atom stereocenters. The van der Waals surface area contributed by atoms with Crippen LogP contribution in [0.1, 0.15) is 44.9 Å². The molecule has 0 aliphatic heterocycles. The molecule has 3 N–H and O–H groups in total. The Bertz CT molecular complexity index is 383. The number of rotatable bonds is 7. The molecule has 0 aromatic heterocycles. The molecular weight excluding hydrogens is 256 g/mol. The molecule has 2 bridgehead atoms. The first-order valence-electron chi connectivity index (χ1n) is 7.93. The van der Waals surface area contributed by atoms with Crippen molar-refractivity contribution in [1.29, 1.82) is 0 Å². The highest BCUT2D eigenvalue weighted by atomic mass is 16.4. The van der Waals surface area contributed by atoms with E-state index >= 15 is 0 Å². The van der Waals surface area contributed by atoms with Gasteiger partial charge in [0.1, 0.15) is 0 Å². The lowest BCUT2D eigenvalue weighted by molar-refractivity contribution is -0.137. The first-order valence-corrected chi connectivity index (χ1v) is 7.93. The molecule has 2 amide bonds. The predicted octanol–water partition coefficient (Wildman–Crippen LogP) is 1.98. The van der Waals surface area contributed by atoms with Crippen LogP contribution in [0.25, 0.3) is 0 Å². The Morgan fingerprint density at radius 3 is 2.40 bits per heavy atom. The highest BCUT2D eigenvalue weighted by Crippen LogP contribution is 2.65. The van der Waals surface area contributed by atoms with Gasteiger partial charge in [-0.1, -0.05) is 6.42 Å². The third-order valence-corrected chi connectivity index (χ3v) is 5.39.